The highest BCUT2D eigenvalue weighted by Gasteiger charge is 2.53. The summed E-state index contributed by atoms with van der Waals surface area (Å²) < 4.78 is 28.4. The van der Waals surface area contributed by atoms with Gasteiger partial charge in [0.1, 0.15) is 24.1 Å². The summed E-state index contributed by atoms with van der Waals surface area (Å²) in [6, 6.07) is 2.97. The van der Waals surface area contributed by atoms with Gasteiger partial charge in [-0.15, -0.1) is 5.10 Å². The van der Waals surface area contributed by atoms with Crippen LogP contribution < -0.4 is 5.32 Å². The normalized spacial score (nSPS) is 22.3. The monoisotopic (exact) mass is 567 g/mol. The molecule has 0 aliphatic carbocycles. The number of ether oxygens (including phenoxy) is 5. The van der Waals surface area contributed by atoms with Crippen LogP contribution in [0.3, 0.4) is 0 Å². The minimum Gasteiger partial charge on any atom is -0.463 e. The van der Waals surface area contributed by atoms with Crippen molar-refractivity contribution in [2.45, 2.75) is 64.9 Å². The van der Waals surface area contributed by atoms with Crippen LogP contribution in [0.2, 0.25) is 5.02 Å². The first-order chi connectivity index (χ1) is 18.4. The molecule has 0 aromatic carbocycles. The van der Waals surface area contributed by atoms with E-state index >= 15 is 0 Å². The largest absolute Gasteiger partial charge is 0.463 e. The summed E-state index contributed by atoms with van der Waals surface area (Å²) in [7, 11) is 0. The van der Waals surface area contributed by atoms with Gasteiger partial charge in [-0.2, -0.15) is 0 Å². The third-order valence-electron chi connectivity index (χ3n) is 5.17. The molecule has 1 aliphatic rings. The lowest BCUT2D eigenvalue weighted by molar-refractivity contribution is -0.270. The Hall–Kier alpha value is -4.11. The zero-order valence-electron chi connectivity index (χ0n) is 21.4. The molecule has 210 valence electrons. The van der Waals surface area contributed by atoms with Gasteiger partial charge < -0.3 is 29.0 Å². The van der Waals surface area contributed by atoms with Crippen molar-refractivity contribution in [3.63, 3.8) is 0 Å². The first-order valence-corrected chi connectivity index (χ1v) is 11.9. The van der Waals surface area contributed by atoms with Crippen molar-refractivity contribution in [3.05, 3.63) is 40.9 Å². The Kier molecular flexibility index (Phi) is 9.89. The molecule has 3 heterocycles. The number of hydrogen-bond acceptors (Lipinski definition) is 13. The van der Waals surface area contributed by atoms with Gasteiger partial charge in [0.2, 0.25) is 0 Å². The fraction of sp³-hybridized carbons (Fsp3) is 0.478. The van der Waals surface area contributed by atoms with Crippen LogP contribution in [-0.2, 0) is 49.4 Å². The molecule has 0 saturated carbocycles. The van der Waals surface area contributed by atoms with Gasteiger partial charge in [0.15, 0.2) is 24.5 Å². The molecule has 3 rings (SSSR count). The fourth-order valence-electron chi connectivity index (χ4n) is 3.71. The number of aromatic nitrogens is 4. The van der Waals surface area contributed by atoms with Crippen molar-refractivity contribution in [3.8, 4) is 0 Å². The number of nitrogens with one attached hydrogen (secondary N) is 1. The van der Waals surface area contributed by atoms with Crippen LogP contribution in [-0.4, -0.2) is 80.8 Å². The van der Waals surface area contributed by atoms with Crippen LogP contribution >= 0.6 is 11.6 Å². The highest BCUT2D eigenvalue weighted by Crippen LogP contribution is 2.34. The second-order valence-electron chi connectivity index (χ2n) is 8.32. The molecular formula is C23H26ClN5O10. The maximum absolute atomic E-state index is 12.4. The first kappa shape index (κ1) is 29.4. The molecule has 1 amide bonds. The Morgan fingerprint density at radius 3 is 2.18 bits per heavy atom. The third kappa shape index (κ3) is 8.19. The molecule has 1 N–H and O–H groups in total. The fourth-order valence-corrected chi connectivity index (χ4v) is 3.82. The highest BCUT2D eigenvalue weighted by molar-refractivity contribution is 6.30. The molecule has 0 bridgehead atoms. The Bertz CT molecular complexity index is 1220. The number of carbonyl (C=O) groups is 5. The molecule has 0 spiro atoms. The number of halogens is 1. The van der Waals surface area contributed by atoms with E-state index in [0.29, 0.717) is 5.02 Å². The highest BCUT2D eigenvalue weighted by atomic mass is 35.5. The Balaban J connectivity index is 1.88. The smallest absolute Gasteiger partial charge is 0.303 e. The molecule has 1 aliphatic heterocycles. The molecule has 15 nitrogen and oxygen atoms in total. The molecule has 0 radical (unpaired) electrons. The maximum atomic E-state index is 12.4. The number of hydrogen-bond donors (Lipinski definition) is 1. The summed E-state index contributed by atoms with van der Waals surface area (Å²) in [6.45, 7) is 4.09. The standard InChI is InChI=1S/C23H26ClN5O10/c1-11(30)35-10-18-19(36-12(2)31)20(37-13(3)32)21(38-14(4)33)23(39-18)29-9-16(27-28-29)8-26-22(34)17-6-5-15(24)7-25-17/h5-7,9,18-21,23H,8,10H2,1-4H3,(H,26,34)/t18-,19-,20+,21-,23-/m1/s1. The van der Waals surface area contributed by atoms with Gasteiger partial charge in [0.05, 0.1) is 17.8 Å². The van der Waals surface area contributed by atoms with Crippen molar-refractivity contribution in [2.75, 3.05) is 6.61 Å². The van der Waals surface area contributed by atoms with Crippen LogP contribution in [0.1, 0.15) is 50.1 Å². The van der Waals surface area contributed by atoms with E-state index in [1.54, 1.807) is 0 Å². The van der Waals surface area contributed by atoms with Crippen molar-refractivity contribution in [1.82, 2.24) is 25.3 Å². The molecular weight excluding hydrogens is 542 g/mol. The second-order valence-corrected chi connectivity index (χ2v) is 8.76. The van der Waals surface area contributed by atoms with E-state index < -0.39 is 60.4 Å². The lowest BCUT2D eigenvalue weighted by Gasteiger charge is -2.44. The number of amides is 1. The molecule has 5 atom stereocenters. The van der Waals surface area contributed by atoms with E-state index in [0.717, 1.165) is 20.8 Å². The summed E-state index contributed by atoms with van der Waals surface area (Å²) in [6.07, 6.45) is -3.71. The lowest BCUT2D eigenvalue weighted by Crippen LogP contribution is -2.60. The predicted molar refractivity (Wildman–Crippen MR) is 128 cm³/mol. The molecule has 1 saturated heterocycles. The molecule has 1 fully saturated rings. The van der Waals surface area contributed by atoms with Crippen LogP contribution in [0.25, 0.3) is 0 Å². The quantitative estimate of drug-likeness (QED) is 0.326. The van der Waals surface area contributed by atoms with E-state index in [2.05, 4.69) is 20.6 Å². The summed E-state index contributed by atoms with van der Waals surface area (Å²) in [4.78, 5) is 63.6. The predicted octanol–water partition coefficient (Wildman–Crippen LogP) is 0.512. The van der Waals surface area contributed by atoms with Crippen LogP contribution in [0, 0.1) is 0 Å². The summed E-state index contributed by atoms with van der Waals surface area (Å²) in [5, 5.41) is 11.0. The number of rotatable bonds is 9. The van der Waals surface area contributed by atoms with Crippen LogP contribution in [0.5, 0.6) is 0 Å². The minimum absolute atomic E-state index is 0.0611. The minimum atomic E-state index is -1.36. The number of pyridine rings is 1. The van der Waals surface area contributed by atoms with Crippen molar-refractivity contribution in [2.24, 2.45) is 0 Å². The Morgan fingerprint density at radius 1 is 0.949 bits per heavy atom. The molecule has 2 aromatic rings. The van der Waals surface area contributed by atoms with Crippen molar-refractivity contribution >= 4 is 41.4 Å². The van der Waals surface area contributed by atoms with E-state index in [1.807, 2.05) is 0 Å². The van der Waals surface area contributed by atoms with Gasteiger partial charge in [-0.1, -0.05) is 16.8 Å². The van der Waals surface area contributed by atoms with Gasteiger partial charge in [-0.05, 0) is 12.1 Å². The Labute approximate surface area is 227 Å². The third-order valence-corrected chi connectivity index (χ3v) is 5.40. The van der Waals surface area contributed by atoms with Gasteiger partial charge in [-0.25, -0.2) is 9.67 Å². The van der Waals surface area contributed by atoms with Gasteiger partial charge >= 0.3 is 23.9 Å². The first-order valence-electron chi connectivity index (χ1n) is 11.6. The topological polar surface area (TPSA) is 187 Å². The molecule has 16 heteroatoms. The average molecular weight is 568 g/mol. The van der Waals surface area contributed by atoms with E-state index in [4.69, 9.17) is 35.3 Å². The SMILES string of the molecule is CC(=O)OC[C@H]1O[C@@H](n2cc(CNC(=O)c3ccc(Cl)cn3)nn2)[C@H](OC(C)=O)[C@@H](OC(C)=O)[C@@H]1OC(C)=O. The second kappa shape index (κ2) is 13.1. The molecule has 0 unspecified atom stereocenters. The zero-order chi connectivity index (χ0) is 28.7. The van der Waals surface area contributed by atoms with E-state index in [9.17, 15) is 24.0 Å². The average Bonchev–Trinajstić information content (AvgIpc) is 3.32. The van der Waals surface area contributed by atoms with Crippen LogP contribution in [0.15, 0.2) is 24.5 Å². The van der Waals surface area contributed by atoms with E-state index in [1.165, 1.54) is 36.1 Å². The van der Waals surface area contributed by atoms with Gasteiger partial charge in [-0.3, -0.25) is 24.0 Å². The number of nitrogens with zero attached hydrogens (tertiary/aromatic N) is 4. The summed E-state index contributed by atoms with van der Waals surface area (Å²) >= 11 is 5.79. The van der Waals surface area contributed by atoms with E-state index in [-0.39, 0.29) is 24.5 Å². The van der Waals surface area contributed by atoms with Gasteiger partial charge in [0.25, 0.3) is 5.91 Å². The van der Waals surface area contributed by atoms with Crippen LogP contribution in [0.4, 0.5) is 0 Å². The lowest BCUT2D eigenvalue weighted by atomic mass is 9.97. The summed E-state index contributed by atoms with van der Waals surface area (Å²) in [5.74, 6) is -3.40. The molecule has 39 heavy (non-hydrogen) atoms. The number of esters is 4. The molecule has 2 aromatic heterocycles. The summed E-state index contributed by atoms with van der Waals surface area (Å²) in [5.41, 5.74) is 0.413. The maximum Gasteiger partial charge on any atom is 0.303 e. The number of carbonyl (C=O) groups excluding carboxylic acids is 5. The van der Waals surface area contributed by atoms with Gasteiger partial charge in [0, 0.05) is 33.9 Å². The Morgan fingerprint density at radius 2 is 1.59 bits per heavy atom. The zero-order valence-corrected chi connectivity index (χ0v) is 22.1. The van der Waals surface area contributed by atoms with Crippen molar-refractivity contribution < 1.29 is 47.7 Å². The van der Waals surface area contributed by atoms with Crippen molar-refractivity contribution in [1.29, 1.82) is 0 Å².